The topological polar surface area (TPSA) is 18.5 Å². The lowest BCUT2D eigenvalue weighted by Crippen LogP contribution is -2.30. The fourth-order valence-electron chi connectivity index (χ4n) is 6.04. The van der Waals surface area contributed by atoms with E-state index in [1.807, 2.05) is 0 Å². The van der Waals surface area contributed by atoms with Gasteiger partial charge in [-0.05, 0) is 58.4 Å². The quantitative estimate of drug-likeness (QED) is 0.315. The fraction of sp³-hybridized carbons (Fsp3) is 0.355. The maximum Gasteiger partial charge on any atom is 0.127 e. The van der Waals surface area contributed by atoms with Gasteiger partial charge in [0.25, 0.3) is 0 Å². The van der Waals surface area contributed by atoms with Gasteiger partial charge >= 0.3 is 0 Å². The Morgan fingerprint density at radius 1 is 0.606 bits per heavy atom. The van der Waals surface area contributed by atoms with Crippen LogP contribution in [0.15, 0.2) is 72.8 Å². The highest BCUT2D eigenvalue weighted by Gasteiger charge is 2.30. The molecule has 1 fully saturated rings. The number of hydrogen-bond acceptors (Lipinski definition) is 2. The number of ether oxygens (including phenoxy) is 2. The first-order chi connectivity index (χ1) is 16.3. The zero-order valence-electron chi connectivity index (χ0n) is 19.4. The molecule has 1 saturated carbocycles. The maximum atomic E-state index is 6.66. The highest BCUT2D eigenvalue weighted by Crippen LogP contribution is 2.47. The van der Waals surface area contributed by atoms with Gasteiger partial charge in [-0.15, -0.1) is 0 Å². The second kappa shape index (κ2) is 8.74. The summed E-state index contributed by atoms with van der Waals surface area (Å²) in [7, 11) is 0. The maximum absolute atomic E-state index is 6.66. The molecule has 168 valence electrons. The monoisotopic (exact) mass is 436 g/mol. The summed E-state index contributed by atoms with van der Waals surface area (Å²) in [6.45, 7) is 3.77. The van der Waals surface area contributed by atoms with Crippen LogP contribution in [-0.4, -0.2) is 13.2 Å². The molecule has 1 aliphatic carbocycles. The van der Waals surface area contributed by atoms with Crippen molar-refractivity contribution in [3.05, 3.63) is 72.8 Å². The molecule has 0 N–H and O–H groups in total. The van der Waals surface area contributed by atoms with Crippen LogP contribution in [-0.2, 0) is 0 Å². The van der Waals surface area contributed by atoms with Crippen LogP contribution in [0.2, 0.25) is 0 Å². The summed E-state index contributed by atoms with van der Waals surface area (Å²) in [5, 5.41) is 4.90. The lowest BCUT2D eigenvalue weighted by atomic mass is 9.75. The Kier molecular flexibility index (Phi) is 5.46. The van der Waals surface area contributed by atoms with Crippen LogP contribution in [0.4, 0.5) is 0 Å². The molecule has 4 aromatic carbocycles. The summed E-state index contributed by atoms with van der Waals surface area (Å²) in [5.74, 6) is 3.95. The van der Waals surface area contributed by atoms with E-state index in [0.717, 1.165) is 41.8 Å². The predicted molar refractivity (Wildman–Crippen MR) is 137 cm³/mol. The van der Waals surface area contributed by atoms with Crippen molar-refractivity contribution in [2.75, 3.05) is 13.2 Å². The Morgan fingerprint density at radius 2 is 1.12 bits per heavy atom. The van der Waals surface area contributed by atoms with Crippen LogP contribution in [0.25, 0.3) is 32.7 Å². The van der Waals surface area contributed by atoms with Crippen LogP contribution in [0.1, 0.15) is 39.0 Å². The van der Waals surface area contributed by atoms with Gasteiger partial charge in [0.1, 0.15) is 11.5 Å². The van der Waals surface area contributed by atoms with Gasteiger partial charge in [0.05, 0.1) is 13.2 Å². The predicted octanol–water partition coefficient (Wildman–Crippen LogP) is 8.26. The molecule has 2 nitrogen and oxygen atoms in total. The smallest absolute Gasteiger partial charge is 0.127 e. The van der Waals surface area contributed by atoms with Crippen molar-refractivity contribution in [1.29, 1.82) is 0 Å². The van der Waals surface area contributed by atoms with Crippen molar-refractivity contribution < 1.29 is 9.47 Å². The highest BCUT2D eigenvalue weighted by atomic mass is 16.5. The van der Waals surface area contributed by atoms with Gasteiger partial charge in [0, 0.05) is 17.0 Å². The molecule has 0 aromatic heterocycles. The molecule has 33 heavy (non-hydrogen) atoms. The summed E-state index contributed by atoms with van der Waals surface area (Å²) in [6.07, 6.45) is 6.60. The van der Waals surface area contributed by atoms with Crippen molar-refractivity contribution in [2.45, 2.75) is 39.0 Å². The van der Waals surface area contributed by atoms with Crippen molar-refractivity contribution in [3.8, 4) is 22.6 Å². The first kappa shape index (κ1) is 20.6. The third kappa shape index (κ3) is 3.76. The molecule has 0 atom stereocenters. The largest absolute Gasteiger partial charge is 0.492 e. The summed E-state index contributed by atoms with van der Waals surface area (Å²) in [5.41, 5.74) is 2.32. The Balaban J connectivity index is 1.49. The molecule has 1 aliphatic heterocycles. The Hall–Kier alpha value is -3.00. The van der Waals surface area contributed by atoms with Crippen LogP contribution in [0.3, 0.4) is 0 Å². The molecule has 0 bridgehead atoms. The van der Waals surface area contributed by atoms with Crippen LogP contribution < -0.4 is 9.47 Å². The third-order valence-corrected chi connectivity index (χ3v) is 8.07. The summed E-state index contributed by atoms with van der Waals surface area (Å²) < 4.78 is 13.3. The van der Waals surface area contributed by atoms with E-state index < -0.39 is 0 Å². The number of benzene rings is 4. The summed E-state index contributed by atoms with van der Waals surface area (Å²) in [4.78, 5) is 0. The summed E-state index contributed by atoms with van der Waals surface area (Å²) in [6, 6.07) is 26.0. The zero-order chi connectivity index (χ0) is 22.2. The average molecular weight is 437 g/mol. The van der Waals surface area contributed by atoms with E-state index in [2.05, 4.69) is 79.7 Å². The molecule has 2 heteroatoms. The van der Waals surface area contributed by atoms with Gasteiger partial charge in [-0.3, -0.25) is 0 Å². The van der Waals surface area contributed by atoms with E-state index in [1.165, 1.54) is 53.6 Å². The van der Waals surface area contributed by atoms with Crippen LogP contribution in [0.5, 0.6) is 11.5 Å². The lowest BCUT2D eigenvalue weighted by molar-refractivity contribution is 0.0991. The summed E-state index contributed by atoms with van der Waals surface area (Å²) >= 11 is 0. The fourth-order valence-corrected chi connectivity index (χ4v) is 6.04. The third-order valence-electron chi connectivity index (χ3n) is 8.07. The minimum Gasteiger partial charge on any atom is -0.492 e. The van der Waals surface area contributed by atoms with Crippen LogP contribution >= 0.6 is 0 Å². The average Bonchev–Trinajstić information content (AvgIpc) is 2.96. The van der Waals surface area contributed by atoms with E-state index in [0.29, 0.717) is 11.8 Å². The molecule has 2 aliphatic rings. The first-order valence-electron chi connectivity index (χ1n) is 12.6. The van der Waals surface area contributed by atoms with Gasteiger partial charge in [-0.25, -0.2) is 0 Å². The second-order valence-corrected chi connectivity index (χ2v) is 9.89. The van der Waals surface area contributed by atoms with Crippen molar-refractivity contribution in [3.63, 3.8) is 0 Å². The minimum atomic E-state index is 0.416. The standard InChI is InChI=1S/C31H32O2/c1-2-21-11-13-22(14-12-21)25-19-32-28-17-15-23-7-3-5-9-26(23)30(28)31-27-10-6-4-8-24(27)16-18-29(31)33-20-25/h3-10,15-18,21-22,25H,2,11-14,19-20H2,1H3. The van der Waals surface area contributed by atoms with Gasteiger partial charge in [0.2, 0.25) is 0 Å². The molecular weight excluding hydrogens is 404 g/mol. The molecule has 4 aromatic rings. The second-order valence-electron chi connectivity index (χ2n) is 9.89. The molecule has 0 radical (unpaired) electrons. The van der Waals surface area contributed by atoms with Crippen molar-refractivity contribution >= 4 is 21.5 Å². The van der Waals surface area contributed by atoms with E-state index in [-0.39, 0.29) is 0 Å². The number of hydrogen-bond donors (Lipinski definition) is 0. The van der Waals surface area contributed by atoms with E-state index >= 15 is 0 Å². The molecular formula is C31H32O2. The van der Waals surface area contributed by atoms with Gasteiger partial charge < -0.3 is 9.47 Å². The van der Waals surface area contributed by atoms with Crippen LogP contribution in [0, 0.1) is 17.8 Å². The molecule has 1 heterocycles. The first-order valence-corrected chi connectivity index (χ1v) is 12.6. The Bertz CT molecular complexity index is 1190. The van der Waals surface area contributed by atoms with E-state index in [9.17, 15) is 0 Å². The normalized spacial score (nSPS) is 21.2. The molecule has 0 amide bonds. The van der Waals surface area contributed by atoms with Crippen molar-refractivity contribution in [2.24, 2.45) is 17.8 Å². The van der Waals surface area contributed by atoms with Gasteiger partial charge in [0.15, 0.2) is 0 Å². The van der Waals surface area contributed by atoms with Gasteiger partial charge in [-0.2, -0.15) is 0 Å². The zero-order valence-corrected chi connectivity index (χ0v) is 19.4. The van der Waals surface area contributed by atoms with E-state index in [1.54, 1.807) is 0 Å². The number of rotatable bonds is 2. The minimum absolute atomic E-state index is 0.416. The molecule has 0 saturated heterocycles. The molecule has 0 unspecified atom stereocenters. The lowest BCUT2D eigenvalue weighted by Gasteiger charge is -2.33. The van der Waals surface area contributed by atoms with Gasteiger partial charge in [-0.1, -0.05) is 86.8 Å². The molecule has 6 rings (SSSR count). The highest BCUT2D eigenvalue weighted by molar-refractivity contribution is 6.09. The Labute approximate surface area is 196 Å². The Morgan fingerprint density at radius 3 is 1.64 bits per heavy atom. The SMILES string of the molecule is CCC1CCC(C2COc3ccc4ccccc4c3-c3c(ccc4ccccc34)OC2)CC1. The number of fused-ring (bicyclic) bond motifs is 7. The molecule has 0 spiro atoms. The van der Waals surface area contributed by atoms with E-state index in [4.69, 9.17) is 9.47 Å². The van der Waals surface area contributed by atoms with Crippen molar-refractivity contribution in [1.82, 2.24) is 0 Å².